The second-order valence-corrected chi connectivity index (χ2v) is 5.65. The van der Waals surface area contributed by atoms with E-state index in [0.29, 0.717) is 19.6 Å². The molecule has 1 saturated heterocycles. The molecule has 0 spiro atoms. The molecule has 21 heavy (non-hydrogen) atoms. The summed E-state index contributed by atoms with van der Waals surface area (Å²) in [7, 11) is 0. The van der Waals surface area contributed by atoms with E-state index in [1.165, 1.54) is 11.3 Å². The number of rotatable bonds is 5. The van der Waals surface area contributed by atoms with Crippen molar-refractivity contribution >= 4 is 11.6 Å². The monoisotopic (exact) mass is 289 g/mol. The third-order valence-electron chi connectivity index (χ3n) is 4.12. The Bertz CT molecular complexity index is 486. The highest BCUT2D eigenvalue weighted by atomic mass is 16.5. The summed E-state index contributed by atoms with van der Waals surface area (Å²) in [6, 6.07) is 8.66. The van der Waals surface area contributed by atoms with Gasteiger partial charge >= 0.3 is 0 Å². The van der Waals surface area contributed by atoms with Gasteiger partial charge in [0.2, 0.25) is 5.91 Å². The van der Waals surface area contributed by atoms with Crippen LogP contribution in [-0.2, 0) is 16.0 Å². The summed E-state index contributed by atoms with van der Waals surface area (Å²) < 4.78 is 5.36. The first-order chi connectivity index (χ1) is 10.3. The Morgan fingerprint density at radius 2 is 2.33 bits per heavy atom. The molecule has 5 nitrogen and oxygen atoms in total. The van der Waals surface area contributed by atoms with Gasteiger partial charge in [-0.15, -0.1) is 0 Å². The van der Waals surface area contributed by atoms with E-state index >= 15 is 0 Å². The molecule has 0 aromatic heterocycles. The van der Waals surface area contributed by atoms with Crippen LogP contribution in [0, 0.1) is 0 Å². The Kier molecular flexibility index (Phi) is 4.72. The van der Waals surface area contributed by atoms with E-state index < -0.39 is 0 Å². The maximum absolute atomic E-state index is 11.9. The van der Waals surface area contributed by atoms with Gasteiger partial charge in [-0.25, -0.2) is 0 Å². The number of hydrogen-bond acceptors (Lipinski definition) is 4. The molecule has 0 saturated carbocycles. The van der Waals surface area contributed by atoms with Crippen LogP contribution in [0.2, 0.25) is 0 Å². The van der Waals surface area contributed by atoms with Crippen molar-refractivity contribution in [3.63, 3.8) is 0 Å². The molecule has 2 aliphatic rings. The number of hydrogen-bond donors (Lipinski definition) is 2. The minimum absolute atomic E-state index is 0.102. The fourth-order valence-electron chi connectivity index (χ4n) is 3.02. The first-order valence-corrected chi connectivity index (χ1v) is 7.73. The highest BCUT2D eigenvalue weighted by Crippen LogP contribution is 2.26. The molecule has 0 bridgehead atoms. The molecule has 1 aromatic rings. The zero-order valence-electron chi connectivity index (χ0n) is 12.3. The Hall–Kier alpha value is -1.59. The standard InChI is InChI=1S/C16H23N3O2/c20-16(11-14-12-21-10-7-17-14)18-6-9-19-8-5-13-3-1-2-4-15(13)19/h1-4,14,17H,5-12H2,(H,18,20)/t14-/m0/s1. The van der Waals surface area contributed by atoms with Crippen LogP contribution in [0.3, 0.4) is 0 Å². The normalized spacial score (nSPS) is 21.1. The van der Waals surface area contributed by atoms with Gasteiger partial charge in [0.15, 0.2) is 0 Å². The molecule has 0 aliphatic carbocycles. The number of amides is 1. The Balaban J connectivity index is 1.39. The van der Waals surface area contributed by atoms with Gasteiger partial charge in [-0.05, 0) is 18.1 Å². The van der Waals surface area contributed by atoms with Crippen molar-refractivity contribution in [2.24, 2.45) is 0 Å². The maximum Gasteiger partial charge on any atom is 0.221 e. The number of ether oxygens (including phenoxy) is 1. The third-order valence-corrected chi connectivity index (χ3v) is 4.12. The molecular formula is C16H23N3O2. The summed E-state index contributed by atoms with van der Waals surface area (Å²) in [6.07, 6.45) is 1.60. The fourth-order valence-corrected chi connectivity index (χ4v) is 3.02. The quantitative estimate of drug-likeness (QED) is 0.831. The molecule has 0 radical (unpaired) electrons. The zero-order valence-corrected chi connectivity index (χ0v) is 12.3. The predicted octanol–water partition coefficient (Wildman–Crippen LogP) is 0.544. The maximum atomic E-state index is 11.9. The molecule has 3 rings (SSSR count). The third kappa shape index (κ3) is 3.74. The number of para-hydroxylation sites is 1. The van der Waals surface area contributed by atoms with Crippen LogP contribution in [0.5, 0.6) is 0 Å². The Morgan fingerprint density at radius 1 is 1.43 bits per heavy atom. The highest BCUT2D eigenvalue weighted by Gasteiger charge is 2.19. The molecular weight excluding hydrogens is 266 g/mol. The van der Waals surface area contributed by atoms with E-state index in [-0.39, 0.29) is 11.9 Å². The molecule has 2 aliphatic heterocycles. The van der Waals surface area contributed by atoms with Crippen LogP contribution in [-0.4, -0.2) is 51.3 Å². The van der Waals surface area contributed by atoms with E-state index in [2.05, 4.69) is 39.8 Å². The Morgan fingerprint density at radius 3 is 3.19 bits per heavy atom. The van der Waals surface area contributed by atoms with Crippen molar-refractivity contribution in [2.75, 3.05) is 44.3 Å². The summed E-state index contributed by atoms with van der Waals surface area (Å²) >= 11 is 0. The van der Waals surface area contributed by atoms with Crippen molar-refractivity contribution in [3.8, 4) is 0 Å². The second kappa shape index (κ2) is 6.91. The Labute approximate surface area is 125 Å². The van der Waals surface area contributed by atoms with E-state index in [1.807, 2.05) is 0 Å². The number of fused-ring (bicyclic) bond motifs is 1. The van der Waals surface area contributed by atoms with Crippen molar-refractivity contribution in [1.82, 2.24) is 10.6 Å². The van der Waals surface area contributed by atoms with Crippen LogP contribution >= 0.6 is 0 Å². The minimum Gasteiger partial charge on any atom is -0.378 e. The summed E-state index contributed by atoms with van der Waals surface area (Å²) in [6.45, 7) is 4.83. The summed E-state index contributed by atoms with van der Waals surface area (Å²) in [5.74, 6) is 0.102. The van der Waals surface area contributed by atoms with Crippen molar-refractivity contribution in [2.45, 2.75) is 18.9 Å². The molecule has 1 amide bonds. The first kappa shape index (κ1) is 14.4. The van der Waals surface area contributed by atoms with Crippen LogP contribution in [0.4, 0.5) is 5.69 Å². The summed E-state index contributed by atoms with van der Waals surface area (Å²) in [5.41, 5.74) is 2.72. The van der Waals surface area contributed by atoms with Crippen LogP contribution in [0.15, 0.2) is 24.3 Å². The number of morpholine rings is 1. The fraction of sp³-hybridized carbons (Fsp3) is 0.562. The van der Waals surface area contributed by atoms with Gasteiger partial charge in [0.1, 0.15) is 0 Å². The van der Waals surface area contributed by atoms with Crippen molar-refractivity contribution in [1.29, 1.82) is 0 Å². The molecule has 2 N–H and O–H groups in total. The minimum atomic E-state index is 0.102. The largest absolute Gasteiger partial charge is 0.378 e. The highest BCUT2D eigenvalue weighted by molar-refractivity contribution is 5.76. The van der Waals surface area contributed by atoms with Gasteiger partial charge in [0, 0.05) is 44.3 Å². The number of nitrogens with zero attached hydrogens (tertiary/aromatic N) is 1. The number of benzene rings is 1. The first-order valence-electron chi connectivity index (χ1n) is 7.73. The van der Waals surface area contributed by atoms with Crippen molar-refractivity contribution < 1.29 is 9.53 Å². The lowest BCUT2D eigenvalue weighted by molar-refractivity contribution is -0.122. The molecule has 114 valence electrons. The van der Waals surface area contributed by atoms with E-state index in [4.69, 9.17) is 4.74 Å². The average molecular weight is 289 g/mol. The van der Waals surface area contributed by atoms with Gasteiger partial charge in [-0.3, -0.25) is 4.79 Å². The van der Waals surface area contributed by atoms with Crippen LogP contribution < -0.4 is 15.5 Å². The zero-order chi connectivity index (χ0) is 14.5. The smallest absolute Gasteiger partial charge is 0.221 e. The van der Waals surface area contributed by atoms with E-state index in [0.717, 1.165) is 32.7 Å². The lowest BCUT2D eigenvalue weighted by Gasteiger charge is -2.24. The molecule has 2 heterocycles. The van der Waals surface area contributed by atoms with Crippen LogP contribution in [0.1, 0.15) is 12.0 Å². The second-order valence-electron chi connectivity index (χ2n) is 5.65. The van der Waals surface area contributed by atoms with Crippen molar-refractivity contribution in [3.05, 3.63) is 29.8 Å². The lowest BCUT2D eigenvalue weighted by atomic mass is 10.2. The van der Waals surface area contributed by atoms with E-state index in [9.17, 15) is 4.79 Å². The molecule has 1 aromatic carbocycles. The topological polar surface area (TPSA) is 53.6 Å². The van der Waals surface area contributed by atoms with E-state index in [1.54, 1.807) is 0 Å². The molecule has 1 fully saturated rings. The number of nitrogens with one attached hydrogen (secondary N) is 2. The molecule has 5 heteroatoms. The van der Waals surface area contributed by atoms with Gasteiger partial charge in [0.05, 0.1) is 13.2 Å². The van der Waals surface area contributed by atoms with Gasteiger partial charge in [0.25, 0.3) is 0 Å². The predicted molar refractivity (Wildman–Crippen MR) is 82.6 cm³/mol. The summed E-state index contributed by atoms with van der Waals surface area (Å²) in [4.78, 5) is 14.3. The lowest BCUT2D eigenvalue weighted by Crippen LogP contribution is -2.45. The number of carbonyl (C=O) groups excluding carboxylic acids is 1. The number of anilines is 1. The van der Waals surface area contributed by atoms with Crippen LogP contribution in [0.25, 0.3) is 0 Å². The molecule has 1 atom stereocenters. The van der Waals surface area contributed by atoms with Gasteiger partial charge < -0.3 is 20.3 Å². The summed E-state index contributed by atoms with van der Waals surface area (Å²) in [5, 5.41) is 6.31. The SMILES string of the molecule is O=C(C[C@H]1COCCN1)NCCN1CCc2ccccc21. The van der Waals surface area contributed by atoms with Gasteiger partial charge in [-0.2, -0.15) is 0 Å². The number of carbonyl (C=O) groups is 1. The average Bonchev–Trinajstić information content (AvgIpc) is 2.92. The molecule has 0 unspecified atom stereocenters. The van der Waals surface area contributed by atoms with Gasteiger partial charge in [-0.1, -0.05) is 18.2 Å².